The monoisotopic (exact) mass is 249 g/mol. The van der Waals surface area contributed by atoms with Gasteiger partial charge in [0.2, 0.25) is 0 Å². The Bertz CT molecular complexity index is 581. The van der Waals surface area contributed by atoms with Crippen molar-refractivity contribution < 1.29 is 9.53 Å². The van der Waals surface area contributed by atoms with Gasteiger partial charge >= 0.3 is 5.97 Å². The molecule has 1 aromatic carbocycles. The van der Waals surface area contributed by atoms with Gasteiger partial charge in [-0.05, 0) is 36.2 Å². The number of methoxy groups -OCH3 is 1. The van der Waals surface area contributed by atoms with E-state index in [1.807, 2.05) is 31.2 Å². The molecule has 17 heavy (non-hydrogen) atoms. The fourth-order valence-electron chi connectivity index (χ4n) is 1.66. The summed E-state index contributed by atoms with van der Waals surface area (Å²) in [6.07, 6.45) is 0.272. The topological polar surface area (TPSA) is 39.2 Å². The molecule has 0 saturated carbocycles. The molecule has 0 atom stereocenters. The van der Waals surface area contributed by atoms with Crippen LogP contribution in [-0.2, 0) is 16.0 Å². The molecule has 0 N–H and O–H groups in total. The molecular formula is C13H12ClNO2. The Morgan fingerprint density at radius 1 is 1.41 bits per heavy atom. The fraction of sp³-hybridized carbons (Fsp3) is 0.231. The smallest absolute Gasteiger partial charge is 0.309 e. The Kier molecular flexibility index (Phi) is 3.29. The Morgan fingerprint density at radius 3 is 2.88 bits per heavy atom. The lowest BCUT2D eigenvalue weighted by atomic mass is 10.1. The summed E-state index contributed by atoms with van der Waals surface area (Å²) in [4.78, 5) is 15.4. The van der Waals surface area contributed by atoms with E-state index < -0.39 is 0 Å². The van der Waals surface area contributed by atoms with E-state index in [2.05, 4.69) is 9.72 Å². The fourth-order valence-corrected chi connectivity index (χ4v) is 1.80. The standard InChI is InChI=1S/C13H12ClNO2/c1-8-5-10-6-9(7-12(16)17-2)3-4-11(10)15-13(8)14/h3-6H,7H2,1-2H3. The number of ether oxygens (including phenoxy) is 1. The molecule has 0 amide bonds. The molecule has 0 aliphatic heterocycles. The number of rotatable bonds is 2. The number of hydrogen-bond donors (Lipinski definition) is 0. The minimum atomic E-state index is -0.247. The Morgan fingerprint density at radius 2 is 2.18 bits per heavy atom. The molecule has 4 heteroatoms. The van der Waals surface area contributed by atoms with Crippen LogP contribution >= 0.6 is 11.6 Å². The highest BCUT2D eigenvalue weighted by Gasteiger charge is 2.05. The van der Waals surface area contributed by atoms with Gasteiger partial charge in [-0.1, -0.05) is 17.7 Å². The number of aromatic nitrogens is 1. The number of halogens is 1. The highest BCUT2D eigenvalue weighted by molar-refractivity contribution is 6.30. The SMILES string of the molecule is COC(=O)Cc1ccc2nc(Cl)c(C)cc2c1. The predicted octanol–water partition coefficient (Wildman–Crippen LogP) is 2.91. The van der Waals surface area contributed by atoms with E-state index >= 15 is 0 Å². The van der Waals surface area contributed by atoms with Crippen LogP contribution in [0.3, 0.4) is 0 Å². The van der Waals surface area contributed by atoms with E-state index in [1.165, 1.54) is 7.11 Å². The van der Waals surface area contributed by atoms with E-state index in [-0.39, 0.29) is 12.4 Å². The van der Waals surface area contributed by atoms with Crippen LogP contribution < -0.4 is 0 Å². The second-order valence-corrected chi connectivity index (χ2v) is 4.23. The second-order valence-electron chi connectivity index (χ2n) is 3.88. The van der Waals surface area contributed by atoms with Crippen molar-refractivity contribution in [1.82, 2.24) is 4.98 Å². The average Bonchev–Trinajstić information content (AvgIpc) is 2.31. The lowest BCUT2D eigenvalue weighted by Crippen LogP contribution is -2.04. The molecule has 2 aromatic rings. The third-order valence-electron chi connectivity index (χ3n) is 2.58. The molecule has 0 radical (unpaired) electrons. The molecule has 1 heterocycles. The molecule has 0 bridgehead atoms. The lowest BCUT2D eigenvalue weighted by Gasteiger charge is -2.04. The number of hydrogen-bond acceptors (Lipinski definition) is 3. The summed E-state index contributed by atoms with van der Waals surface area (Å²) in [5.74, 6) is -0.247. The van der Waals surface area contributed by atoms with Crippen LogP contribution in [0.5, 0.6) is 0 Å². The number of esters is 1. The molecule has 0 aliphatic carbocycles. The summed E-state index contributed by atoms with van der Waals surface area (Å²) in [6, 6.07) is 7.62. The van der Waals surface area contributed by atoms with Crippen LogP contribution in [0.1, 0.15) is 11.1 Å². The number of carbonyl (C=O) groups excluding carboxylic acids is 1. The zero-order valence-electron chi connectivity index (χ0n) is 9.66. The van der Waals surface area contributed by atoms with Crippen molar-refractivity contribution >= 4 is 28.5 Å². The summed E-state index contributed by atoms with van der Waals surface area (Å²) in [6.45, 7) is 1.90. The zero-order valence-corrected chi connectivity index (χ0v) is 10.4. The van der Waals surface area contributed by atoms with E-state index in [1.54, 1.807) is 0 Å². The highest BCUT2D eigenvalue weighted by Crippen LogP contribution is 2.21. The third-order valence-corrected chi connectivity index (χ3v) is 2.97. The van der Waals surface area contributed by atoms with Gasteiger partial charge in [0.05, 0.1) is 19.0 Å². The van der Waals surface area contributed by atoms with Gasteiger partial charge in [0.25, 0.3) is 0 Å². The first-order chi connectivity index (χ1) is 8.10. The molecule has 0 fully saturated rings. The van der Waals surface area contributed by atoms with E-state index in [9.17, 15) is 4.79 Å². The van der Waals surface area contributed by atoms with Gasteiger partial charge in [-0.3, -0.25) is 4.79 Å². The van der Waals surface area contributed by atoms with Crippen LogP contribution in [0.15, 0.2) is 24.3 Å². The molecule has 88 valence electrons. The van der Waals surface area contributed by atoms with Gasteiger partial charge in [0.1, 0.15) is 5.15 Å². The van der Waals surface area contributed by atoms with Crippen molar-refractivity contribution in [2.24, 2.45) is 0 Å². The summed E-state index contributed by atoms with van der Waals surface area (Å²) in [5, 5.41) is 1.49. The van der Waals surface area contributed by atoms with Crippen LogP contribution in [0.25, 0.3) is 10.9 Å². The first-order valence-electron chi connectivity index (χ1n) is 5.23. The number of nitrogens with zero attached hydrogens (tertiary/aromatic N) is 1. The van der Waals surface area contributed by atoms with Crippen LogP contribution in [0, 0.1) is 6.92 Å². The van der Waals surface area contributed by atoms with E-state index in [0.29, 0.717) is 5.15 Å². The minimum Gasteiger partial charge on any atom is -0.469 e. The Hall–Kier alpha value is -1.61. The van der Waals surface area contributed by atoms with E-state index in [0.717, 1.165) is 22.0 Å². The van der Waals surface area contributed by atoms with Crippen molar-refractivity contribution in [3.8, 4) is 0 Å². The summed E-state index contributed by atoms with van der Waals surface area (Å²) >= 11 is 5.95. The van der Waals surface area contributed by atoms with Crippen LogP contribution in [0.2, 0.25) is 5.15 Å². The first-order valence-corrected chi connectivity index (χ1v) is 5.60. The average molecular weight is 250 g/mol. The Balaban J connectivity index is 2.43. The highest BCUT2D eigenvalue weighted by atomic mass is 35.5. The predicted molar refractivity (Wildman–Crippen MR) is 67.2 cm³/mol. The van der Waals surface area contributed by atoms with Crippen molar-refractivity contribution in [3.63, 3.8) is 0 Å². The summed E-state index contributed by atoms with van der Waals surface area (Å²) in [5.41, 5.74) is 2.66. The van der Waals surface area contributed by atoms with Crippen molar-refractivity contribution in [1.29, 1.82) is 0 Å². The van der Waals surface area contributed by atoms with Crippen molar-refractivity contribution in [2.75, 3.05) is 7.11 Å². The number of fused-ring (bicyclic) bond motifs is 1. The van der Waals surface area contributed by atoms with Gasteiger partial charge in [-0.25, -0.2) is 4.98 Å². The largest absolute Gasteiger partial charge is 0.469 e. The third kappa shape index (κ3) is 2.56. The van der Waals surface area contributed by atoms with Crippen molar-refractivity contribution in [3.05, 3.63) is 40.5 Å². The molecule has 0 spiro atoms. The van der Waals surface area contributed by atoms with Crippen LogP contribution in [0.4, 0.5) is 0 Å². The summed E-state index contributed by atoms with van der Waals surface area (Å²) in [7, 11) is 1.38. The number of pyridine rings is 1. The maximum absolute atomic E-state index is 11.2. The van der Waals surface area contributed by atoms with Gasteiger partial charge in [0, 0.05) is 5.39 Å². The Labute approximate surface area is 104 Å². The molecule has 2 rings (SSSR count). The number of carbonyl (C=O) groups is 1. The molecular weight excluding hydrogens is 238 g/mol. The zero-order chi connectivity index (χ0) is 12.4. The van der Waals surface area contributed by atoms with Gasteiger partial charge in [-0.2, -0.15) is 0 Å². The first kappa shape index (κ1) is 11.9. The number of aryl methyl sites for hydroxylation is 1. The molecule has 1 aromatic heterocycles. The summed E-state index contributed by atoms with van der Waals surface area (Å²) < 4.78 is 4.63. The quantitative estimate of drug-likeness (QED) is 0.607. The normalized spacial score (nSPS) is 10.5. The van der Waals surface area contributed by atoms with Gasteiger partial charge < -0.3 is 4.74 Å². The van der Waals surface area contributed by atoms with Gasteiger partial charge in [-0.15, -0.1) is 0 Å². The lowest BCUT2D eigenvalue weighted by molar-refractivity contribution is -0.139. The molecule has 0 unspecified atom stereocenters. The minimum absolute atomic E-state index is 0.247. The van der Waals surface area contributed by atoms with E-state index in [4.69, 9.17) is 11.6 Å². The maximum atomic E-state index is 11.2. The van der Waals surface area contributed by atoms with Crippen LogP contribution in [-0.4, -0.2) is 18.1 Å². The maximum Gasteiger partial charge on any atom is 0.309 e. The number of benzene rings is 1. The van der Waals surface area contributed by atoms with Gasteiger partial charge in [0.15, 0.2) is 0 Å². The van der Waals surface area contributed by atoms with Crippen molar-refractivity contribution in [2.45, 2.75) is 13.3 Å². The molecule has 3 nitrogen and oxygen atoms in total. The second kappa shape index (κ2) is 4.72. The molecule has 0 aliphatic rings. The molecule has 0 saturated heterocycles.